The minimum absolute atomic E-state index is 0.0288. The van der Waals surface area contributed by atoms with Crippen LogP contribution in [-0.4, -0.2) is 0 Å². The first kappa shape index (κ1) is 33.4. The Balaban J connectivity index is 0.000000231. The second kappa shape index (κ2) is 13.6. The molecule has 0 spiro atoms. The third kappa shape index (κ3) is 7.24. The van der Waals surface area contributed by atoms with Gasteiger partial charge in [-0.15, -0.1) is 0 Å². The first-order valence-corrected chi connectivity index (χ1v) is 13.9. The highest BCUT2D eigenvalue weighted by Crippen LogP contribution is 2.42. The molecule has 5 rings (SSSR count). The van der Waals surface area contributed by atoms with Crippen LogP contribution in [0.25, 0.3) is 33.4 Å². The lowest BCUT2D eigenvalue weighted by atomic mass is 9.91. The second-order valence-electron chi connectivity index (χ2n) is 10.5. The van der Waals surface area contributed by atoms with Gasteiger partial charge in [0.25, 0.3) is 5.92 Å². The second-order valence-corrected chi connectivity index (χ2v) is 10.5. The molecule has 45 heavy (non-hydrogen) atoms. The van der Waals surface area contributed by atoms with Gasteiger partial charge < -0.3 is 0 Å². The standard InChI is InChI=1S/C23H19F5.C13H8F4/c1-3-14(2)23(27,28)22-20(25)12-17(13-21(22)26)18-10-9-16(11-19(18)24)15-7-5-4-6-8-15;1-7-2-3-9(10(14)4-7)8-5-11(15)13(17)12(16)6-8/h4-14H,3H2,1-2H3;2-6H,1H3. The minimum atomic E-state index is -3.66. The van der Waals surface area contributed by atoms with Crippen molar-refractivity contribution in [2.24, 2.45) is 5.92 Å². The molecule has 0 saturated heterocycles. The molecule has 0 heterocycles. The van der Waals surface area contributed by atoms with Crippen molar-refractivity contribution in [1.82, 2.24) is 0 Å². The SMILES string of the molecule is CCC(C)C(F)(F)c1c(F)cc(-c2ccc(-c3ccccc3)cc2F)cc1F.Cc1ccc(-c2cc(F)c(F)c(F)c2)c(F)c1. The van der Waals surface area contributed by atoms with Crippen molar-refractivity contribution >= 4 is 0 Å². The Kier molecular flexibility index (Phi) is 10.1. The molecule has 0 nitrogen and oxygen atoms in total. The van der Waals surface area contributed by atoms with Crippen LogP contribution in [0.1, 0.15) is 31.4 Å². The van der Waals surface area contributed by atoms with E-state index in [4.69, 9.17) is 0 Å². The minimum Gasteiger partial charge on any atom is -0.206 e. The number of alkyl halides is 2. The van der Waals surface area contributed by atoms with Crippen molar-refractivity contribution in [3.05, 3.63) is 143 Å². The maximum Gasteiger partial charge on any atom is 0.281 e. The molecule has 0 amide bonds. The van der Waals surface area contributed by atoms with Gasteiger partial charge in [0, 0.05) is 17.0 Å². The average molecular weight is 631 g/mol. The van der Waals surface area contributed by atoms with Crippen molar-refractivity contribution in [2.45, 2.75) is 33.1 Å². The number of rotatable bonds is 6. The molecule has 9 heteroatoms. The molecule has 1 unspecified atom stereocenters. The van der Waals surface area contributed by atoms with Gasteiger partial charge in [-0.2, -0.15) is 0 Å². The van der Waals surface area contributed by atoms with Crippen LogP contribution in [0.5, 0.6) is 0 Å². The van der Waals surface area contributed by atoms with Gasteiger partial charge in [-0.3, -0.25) is 0 Å². The fourth-order valence-electron chi connectivity index (χ4n) is 4.67. The zero-order chi connectivity index (χ0) is 33.1. The number of aryl methyl sites for hydroxylation is 1. The first-order valence-electron chi connectivity index (χ1n) is 13.9. The van der Waals surface area contributed by atoms with Gasteiger partial charge in [-0.1, -0.05) is 68.4 Å². The maximum atomic E-state index is 14.6. The smallest absolute Gasteiger partial charge is 0.206 e. The van der Waals surface area contributed by atoms with E-state index in [0.717, 1.165) is 29.8 Å². The van der Waals surface area contributed by atoms with E-state index in [1.165, 1.54) is 38.1 Å². The Morgan fingerprint density at radius 3 is 1.49 bits per heavy atom. The zero-order valence-corrected chi connectivity index (χ0v) is 24.3. The van der Waals surface area contributed by atoms with E-state index in [1.54, 1.807) is 31.2 Å². The van der Waals surface area contributed by atoms with E-state index in [0.29, 0.717) is 11.1 Å². The van der Waals surface area contributed by atoms with E-state index in [9.17, 15) is 39.5 Å². The van der Waals surface area contributed by atoms with Gasteiger partial charge in [0.05, 0.1) is 5.56 Å². The summed E-state index contributed by atoms with van der Waals surface area (Å²) in [4.78, 5) is 0. The van der Waals surface area contributed by atoms with Crippen LogP contribution < -0.4 is 0 Å². The predicted molar refractivity (Wildman–Crippen MR) is 157 cm³/mol. The van der Waals surface area contributed by atoms with Gasteiger partial charge >= 0.3 is 0 Å². The largest absolute Gasteiger partial charge is 0.281 e. The van der Waals surface area contributed by atoms with Gasteiger partial charge in [0.2, 0.25) is 0 Å². The van der Waals surface area contributed by atoms with Crippen LogP contribution in [0.3, 0.4) is 0 Å². The Hall–Kier alpha value is -4.53. The number of hydrogen-bond donors (Lipinski definition) is 0. The topological polar surface area (TPSA) is 0 Å². The Labute approximate surface area is 254 Å². The van der Waals surface area contributed by atoms with Gasteiger partial charge in [-0.05, 0) is 77.6 Å². The van der Waals surface area contributed by atoms with Crippen molar-refractivity contribution in [1.29, 1.82) is 0 Å². The van der Waals surface area contributed by atoms with Crippen molar-refractivity contribution in [2.75, 3.05) is 0 Å². The summed E-state index contributed by atoms with van der Waals surface area (Å²) in [6.07, 6.45) is 0.0587. The fourth-order valence-corrected chi connectivity index (χ4v) is 4.67. The van der Waals surface area contributed by atoms with Crippen LogP contribution in [0.15, 0.2) is 91.0 Å². The first-order chi connectivity index (χ1) is 21.2. The molecule has 0 aliphatic rings. The molecule has 5 aromatic carbocycles. The van der Waals surface area contributed by atoms with Gasteiger partial charge in [0.15, 0.2) is 17.5 Å². The third-order valence-electron chi connectivity index (χ3n) is 7.41. The van der Waals surface area contributed by atoms with Crippen molar-refractivity contribution in [3.63, 3.8) is 0 Å². The average Bonchev–Trinajstić information content (AvgIpc) is 2.99. The highest BCUT2D eigenvalue weighted by atomic mass is 19.3. The molecule has 234 valence electrons. The highest BCUT2D eigenvalue weighted by molar-refractivity contribution is 5.71. The van der Waals surface area contributed by atoms with E-state index in [2.05, 4.69) is 0 Å². The van der Waals surface area contributed by atoms with Crippen LogP contribution in [0, 0.1) is 53.6 Å². The van der Waals surface area contributed by atoms with Crippen LogP contribution in [0.4, 0.5) is 39.5 Å². The maximum absolute atomic E-state index is 14.6. The Bertz CT molecular complexity index is 1770. The highest BCUT2D eigenvalue weighted by Gasteiger charge is 2.42. The molecule has 0 saturated carbocycles. The van der Waals surface area contributed by atoms with Crippen molar-refractivity contribution < 1.29 is 39.5 Å². The summed E-state index contributed by atoms with van der Waals surface area (Å²) < 4.78 is 125. The third-order valence-corrected chi connectivity index (χ3v) is 7.41. The molecule has 0 aliphatic carbocycles. The molecule has 1 atom stereocenters. The summed E-state index contributed by atoms with van der Waals surface area (Å²) in [6, 6.07) is 20.6. The lowest BCUT2D eigenvalue weighted by molar-refractivity contribution is -0.0653. The molecular weight excluding hydrogens is 603 g/mol. The molecular formula is C36H27F9. The lowest BCUT2D eigenvalue weighted by Gasteiger charge is -2.24. The summed E-state index contributed by atoms with van der Waals surface area (Å²) in [5, 5.41) is 0. The molecule has 5 aromatic rings. The van der Waals surface area contributed by atoms with E-state index in [1.807, 2.05) is 18.2 Å². The van der Waals surface area contributed by atoms with Gasteiger partial charge in [-0.25, -0.2) is 39.5 Å². The summed E-state index contributed by atoms with van der Waals surface area (Å²) in [6.45, 7) is 4.44. The van der Waals surface area contributed by atoms with Crippen LogP contribution in [-0.2, 0) is 5.92 Å². The van der Waals surface area contributed by atoms with E-state index in [-0.39, 0.29) is 28.7 Å². The quantitative estimate of drug-likeness (QED) is 0.129. The monoisotopic (exact) mass is 630 g/mol. The summed E-state index contributed by atoms with van der Waals surface area (Å²) >= 11 is 0. The zero-order valence-electron chi connectivity index (χ0n) is 24.3. The van der Waals surface area contributed by atoms with Gasteiger partial charge in [0.1, 0.15) is 23.3 Å². The van der Waals surface area contributed by atoms with E-state index < -0.39 is 58.1 Å². The molecule has 0 N–H and O–H groups in total. The molecule has 0 fully saturated rings. The Morgan fingerprint density at radius 1 is 0.533 bits per heavy atom. The van der Waals surface area contributed by atoms with Crippen LogP contribution in [0.2, 0.25) is 0 Å². The van der Waals surface area contributed by atoms with Crippen LogP contribution >= 0.6 is 0 Å². The lowest BCUT2D eigenvalue weighted by Crippen LogP contribution is -2.26. The summed E-state index contributed by atoms with van der Waals surface area (Å²) in [5.41, 5.74) is 0.622. The molecule has 0 radical (unpaired) electrons. The van der Waals surface area contributed by atoms with Crippen molar-refractivity contribution in [3.8, 4) is 33.4 Å². The number of benzene rings is 5. The summed E-state index contributed by atoms with van der Waals surface area (Å²) in [7, 11) is 0. The predicted octanol–water partition coefficient (Wildman–Crippen LogP) is 11.8. The molecule has 0 aromatic heterocycles. The Morgan fingerprint density at radius 2 is 1.00 bits per heavy atom. The van der Waals surface area contributed by atoms with E-state index >= 15 is 0 Å². The summed E-state index contributed by atoms with van der Waals surface area (Å²) in [5.74, 6) is -13.2. The molecule has 0 bridgehead atoms. The molecule has 0 aliphatic heterocycles. The number of hydrogen-bond acceptors (Lipinski definition) is 0. The number of halogens is 9. The fraction of sp³-hybridized carbons (Fsp3) is 0.167. The normalized spacial score (nSPS) is 12.0.